The second-order valence-corrected chi connectivity index (χ2v) is 7.49. The lowest BCUT2D eigenvalue weighted by atomic mass is 10.0. The van der Waals surface area contributed by atoms with E-state index in [4.69, 9.17) is 0 Å². The van der Waals surface area contributed by atoms with Gasteiger partial charge >= 0.3 is 0 Å². The fourth-order valence-electron chi connectivity index (χ4n) is 3.37. The molecular formula is C19H35N9O3. The number of hydrogen-bond donors (Lipinski definition) is 4. The molecule has 0 aromatic carbocycles. The first kappa shape index (κ1) is 24.5. The van der Waals surface area contributed by atoms with Gasteiger partial charge in [-0.2, -0.15) is 15.0 Å². The molecule has 2 heterocycles. The summed E-state index contributed by atoms with van der Waals surface area (Å²) in [5, 5.41) is 12.9. The molecule has 1 aliphatic rings. The Hall–Kier alpha value is -2.73. The van der Waals surface area contributed by atoms with Crippen molar-refractivity contribution in [1.29, 1.82) is 0 Å². The molecule has 0 aliphatic carbocycles. The highest BCUT2D eigenvalue weighted by Crippen LogP contribution is 2.16. The van der Waals surface area contributed by atoms with Crippen LogP contribution in [-0.4, -0.2) is 88.8 Å². The lowest BCUT2D eigenvalue weighted by Gasteiger charge is -2.34. The van der Waals surface area contributed by atoms with Gasteiger partial charge in [-0.3, -0.25) is 25.6 Å². The van der Waals surface area contributed by atoms with E-state index in [9.17, 15) is 14.8 Å². The van der Waals surface area contributed by atoms with Crippen LogP contribution in [0.2, 0.25) is 0 Å². The number of hydroxylamine groups is 2. The number of likely N-dealkylation sites (N-methyl/N-ethyl adjacent to an activating group) is 1. The molecule has 1 aromatic rings. The molecule has 1 fully saturated rings. The van der Waals surface area contributed by atoms with Crippen LogP contribution in [0.1, 0.15) is 39.5 Å². The molecule has 0 bridgehead atoms. The summed E-state index contributed by atoms with van der Waals surface area (Å²) < 4.78 is 0. The quantitative estimate of drug-likeness (QED) is 0.150. The van der Waals surface area contributed by atoms with E-state index in [1.165, 1.54) is 0 Å². The smallest absolute Gasteiger partial charge is 0.248 e. The number of nitrogens with one attached hydrogen (secondary N) is 3. The van der Waals surface area contributed by atoms with Gasteiger partial charge in [0.25, 0.3) is 0 Å². The monoisotopic (exact) mass is 437 g/mol. The van der Waals surface area contributed by atoms with E-state index in [1.54, 1.807) is 7.05 Å². The number of amides is 2. The highest BCUT2D eigenvalue weighted by Gasteiger charge is 2.22. The van der Waals surface area contributed by atoms with Crippen molar-refractivity contribution in [3.63, 3.8) is 0 Å². The Morgan fingerprint density at radius 2 is 1.87 bits per heavy atom. The van der Waals surface area contributed by atoms with Crippen molar-refractivity contribution in [2.75, 3.05) is 62.0 Å². The molecule has 0 unspecified atom stereocenters. The van der Waals surface area contributed by atoms with Gasteiger partial charge in [-0.25, -0.2) is 5.06 Å². The van der Waals surface area contributed by atoms with Crippen LogP contribution >= 0.6 is 0 Å². The summed E-state index contributed by atoms with van der Waals surface area (Å²) in [4.78, 5) is 41.0. The van der Waals surface area contributed by atoms with Gasteiger partial charge < -0.3 is 15.1 Å². The Labute approximate surface area is 183 Å². The van der Waals surface area contributed by atoms with Gasteiger partial charge in [-0.15, -0.1) is 0 Å². The number of nitrogens with zero attached hydrogens (tertiary/aromatic N) is 6. The summed E-state index contributed by atoms with van der Waals surface area (Å²) in [6.07, 6.45) is 3.65. The van der Waals surface area contributed by atoms with Crippen molar-refractivity contribution in [2.45, 2.75) is 39.5 Å². The second-order valence-electron chi connectivity index (χ2n) is 7.49. The minimum Gasteiger partial charge on any atom is -0.357 e. The van der Waals surface area contributed by atoms with Crippen LogP contribution in [0.4, 0.5) is 17.8 Å². The minimum atomic E-state index is -0.554. The maximum atomic E-state index is 12.6. The topological polar surface area (TPSA) is 139 Å². The van der Waals surface area contributed by atoms with Crippen molar-refractivity contribution >= 4 is 30.2 Å². The Morgan fingerprint density at radius 1 is 1.16 bits per heavy atom. The fraction of sp³-hybridized carbons (Fsp3) is 0.737. The number of carbonyl (C=O) groups excluding carboxylic acids is 2. The van der Waals surface area contributed by atoms with Gasteiger partial charge in [0.05, 0.1) is 12.5 Å². The van der Waals surface area contributed by atoms with Gasteiger partial charge in [-0.1, -0.05) is 33.1 Å². The number of unbranched alkanes of at least 4 members (excludes halogenated alkanes) is 2. The number of hydrogen-bond acceptors (Lipinski definition) is 10. The third-order valence-electron chi connectivity index (χ3n) is 5.30. The molecule has 31 heavy (non-hydrogen) atoms. The van der Waals surface area contributed by atoms with Gasteiger partial charge in [0, 0.05) is 33.2 Å². The molecule has 1 atom stereocenters. The molecule has 174 valence electrons. The molecule has 0 spiro atoms. The number of piperazine rings is 1. The Kier molecular flexibility index (Phi) is 10.2. The van der Waals surface area contributed by atoms with Crippen molar-refractivity contribution in [1.82, 2.24) is 30.3 Å². The molecule has 0 saturated carbocycles. The number of carbonyl (C=O) groups is 2. The Morgan fingerprint density at radius 3 is 2.48 bits per heavy atom. The standard InChI is InChI=1S/C19H35N9O3/c1-4-6-7-8-15(13-28(31)14-29)16(30)24-25-18-21-17(20-3)22-19(23-18)27-11-9-26(5-2)10-12-27/h14-15,31H,4-13H2,1-3H3,(H,24,30)(H2,20,21,22,23,25)/t15-/m0/s1. The Balaban J connectivity index is 2.02. The SMILES string of the molecule is CCCCC[C@@H](CN(O)C=O)C(=O)NNc1nc(NC)nc(N2CCN(CC)CC2)n1. The summed E-state index contributed by atoms with van der Waals surface area (Å²) in [6, 6.07) is 0. The van der Waals surface area contributed by atoms with Crippen LogP contribution in [0.15, 0.2) is 0 Å². The summed E-state index contributed by atoms with van der Waals surface area (Å²) in [7, 11) is 1.72. The van der Waals surface area contributed by atoms with Crippen LogP contribution in [0, 0.1) is 5.92 Å². The van der Waals surface area contributed by atoms with Crippen molar-refractivity contribution in [3.05, 3.63) is 0 Å². The zero-order valence-corrected chi connectivity index (χ0v) is 18.7. The molecule has 4 N–H and O–H groups in total. The normalized spacial score (nSPS) is 15.3. The maximum absolute atomic E-state index is 12.6. The van der Waals surface area contributed by atoms with Crippen LogP contribution in [-0.2, 0) is 9.59 Å². The molecule has 1 saturated heterocycles. The summed E-state index contributed by atoms with van der Waals surface area (Å²) in [6.45, 7) is 8.64. The van der Waals surface area contributed by atoms with Crippen LogP contribution in [0.25, 0.3) is 0 Å². The first-order chi connectivity index (χ1) is 15.0. The van der Waals surface area contributed by atoms with Crippen molar-refractivity contribution < 1.29 is 14.8 Å². The highest BCUT2D eigenvalue weighted by molar-refractivity contribution is 5.80. The summed E-state index contributed by atoms with van der Waals surface area (Å²) in [5.74, 6) is 0.239. The average Bonchev–Trinajstić information content (AvgIpc) is 2.81. The number of rotatable bonds is 13. The number of anilines is 3. The van der Waals surface area contributed by atoms with Gasteiger partial charge in [0.2, 0.25) is 30.2 Å². The molecule has 12 nitrogen and oxygen atoms in total. The summed E-state index contributed by atoms with van der Waals surface area (Å²) >= 11 is 0. The van der Waals surface area contributed by atoms with Crippen LogP contribution in [0.5, 0.6) is 0 Å². The van der Waals surface area contributed by atoms with Gasteiger partial charge in [-0.05, 0) is 13.0 Å². The third-order valence-corrected chi connectivity index (χ3v) is 5.30. The second kappa shape index (κ2) is 12.8. The molecule has 0 radical (unpaired) electrons. The molecule has 12 heteroatoms. The van der Waals surface area contributed by atoms with E-state index in [0.717, 1.165) is 52.0 Å². The third kappa shape index (κ3) is 7.79. The first-order valence-electron chi connectivity index (χ1n) is 10.9. The van der Waals surface area contributed by atoms with Crippen molar-refractivity contribution in [2.24, 2.45) is 5.92 Å². The lowest BCUT2D eigenvalue weighted by molar-refractivity contribution is -0.154. The maximum Gasteiger partial charge on any atom is 0.248 e. The van der Waals surface area contributed by atoms with E-state index in [2.05, 4.69) is 54.8 Å². The van der Waals surface area contributed by atoms with Crippen molar-refractivity contribution in [3.8, 4) is 0 Å². The highest BCUT2D eigenvalue weighted by atomic mass is 16.5. The van der Waals surface area contributed by atoms with E-state index in [1.807, 2.05) is 0 Å². The van der Waals surface area contributed by atoms with E-state index >= 15 is 0 Å². The lowest BCUT2D eigenvalue weighted by Crippen LogP contribution is -2.47. The largest absolute Gasteiger partial charge is 0.357 e. The van der Waals surface area contributed by atoms with E-state index in [-0.39, 0.29) is 18.4 Å². The molecule has 2 rings (SSSR count). The predicted molar refractivity (Wildman–Crippen MR) is 118 cm³/mol. The fourth-order valence-corrected chi connectivity index (χ4v) is 3.37. The van der Waals surface area contributed by atoms with Gasteiger partial charge in [0.15, 0.2) is 0 Å². The van der Waals surface area contributed by atoms with Crippen LogP contribution < -0.4 is 21.1 Å². The molecule has 2 amide bonds. The van der Waals surface area contributed by atoms with E-state index < -0.39 is 5.92 Å². The zero-order valence-electron chi connectivity index (χ0n) is 18.7. The summed E-state index contributed by atoms with van der Waals surface area (Å²) in [5.41, 5.74) is 5.36. The number of aromatic nitrogens is 3. The zero-order chi connectivity index (χ0) is 22.6. The van der Waals surface area contributed by atoms with Crippen LogP contribution in [0.3, 0.4) is 0 Å². The predicted octanol–water partition coefficient (Wildman–Crippen LogP) is 0.542. The molecule has 1 aliphatic heterocycles. The Bertz CT molecular complexity index is 698. The average molecular weight is 438 g/mol. The van der Waals surface area contributed by atoms with E-state index in [0.29, 0.717) is 29.8 Å². The first-order valence-corrected chi connectivity index (χ1v) is 10.9. The minimum absolute atomic E-state index is 0.0767. The molecular weight excluding hydrogens is 402 g/mol. The van der Waals surface area contributed by atoms with Gasteiger partial charge in [0.1, 0.15) is 0 Å². The number of hydrazine groups is 1. The molecule has 1 aromatic heterocycles.